The lowest BCUT2D eigenvalue weighted by atomic mass is 10.1. The van der Waals surface area contributed by atoms with Gasteiger partial charge in [-0.25, -0.2) is 9.59 Å². The van der Waals surface area contributed by atoms with Gasteiger partial charge in [0.25, 0.3) is 0 Å². The highest BCUT2D eigenvalue weighted by Gasteiger charge is 2.38. The number of carboxylic acid groups (broad SMARTS) is 1. The molecule has 6 nitrogen and oxygen atoms in total. The van der Waals surface area contributed by atoms with Crippen molar-refractivity contribution in [3.63, 3.8) is 0 Å². The summed E-state index contributed by atoms with van der Waals surface area (Å²) in [6.07, 6.45) is 0.587. The van der Waals surface area contributed by atoms with E-state index in [1.807, 2.05) is 20.8 Å². The van der Waals surface area contributed by atoms with Crippen molar-refractivity contribution >= 4 is 12.2 Å². The summed E-state index contributed by atoms with van der Waals surface area (Å²) in [6, 6.07) is -0.0579. The van der Waals surface area contributed by atoms with Crippen LogP contribution in [0.4, 0.5) is 9.59 Å². The van der Waals surface area contributed by atoms with E-state index in [1.54, 1.807) is 4.90 Å². The van der Waals surface area contributed by atoms with Gasteiger partial charge >= 0.3 is 12.2 Å². The van der Waals surface area contributed by atoms with Crippen LogP contribution in [0, 0.1) is 0 Å². The van der Waals surface area contributed by atoms with Crippen LogP contribution in [-0.2, 0) is 4.74 Å². The highest BCUT2D eigenvalue weighted by Crippen LogP contribution is 2.19. The van der Waals surface area contributed by atoms with Gasteiger partial charge in [-0.05, 0) is 27.2 Å². The Bertz CT molecular complexity index is 332. The lowest BCUT2D eigenvalue weighted by Crippen LogP contribution is -2.62. The smallest absolute Gasteiger partial charge is 0.410 e. The van der Waals surface area contributed by atoms with Gasteiger partial charge in [-0.1, -0.05) is 13.3 Å². The molecule has 0 radical (unpaired) electrons. The van der Waals surface area contributed by atoms with E-state index in [-0.39, 0.29) is 12.1 Å². The first-order chi connectivity index (χ1) is 8.74. The predicted molar refractivity (Wildman–Crippen MR) is 71.2 cm³/mol. The first kappa shape index (κ1) is 15.6. The number of hydrogen-bond donors (Lipinski definition) is 1. The van der Waals surface area contributed by atoms with Gasteiger partial charge in [0.15, 0.2) is 0 Å². The van der Waals surface area contributed by atoms with Gasteiger partial charge in [0.05, 0.1) is 6.04 Å². The largest absolute Gasteiger partial charge is 0.465 e. The zero-order valence-electron chi connectivity index (χ0n) is 12.2. The molecule has 2 amide bonds. The Morgan fingerprint density at radius 2 is 1.95 bits per heavy atom. The molecule has 0 aromatic carbocycles. The second kappa shape index (κ2) is 6.12. The summed E-state index contributed by atoms with van der Waals surface area (Å²) in [4.78, 5) is 25.8. The van der Waals surface area contributed by atoms with Crippen LogP contribution in [0.15, 0.2) is 0 Å². The summed E-state index contributed by atoms with van der Waals surface area (Å²) in [5, 5.41) is 8.83. The topological polar surface area (TPSA) is 70.1 Å². The molecule has 1 rings (SSSR count). The number of unbranched alkanes of at least 4 members (excludes halogenated alkanes) is 1. The van der Waals surface area contributed by atoms with E-state index in [0.29, 0.717) is 19.6 Å². The molecule has 1 heterocycles. The number of nitrogens with zero attached hydrogens (tertiary/aromatic N) is 2. The lowest BCUT2D eigenvalue weighted by molar-refractivity contribution is -0.00975. The molecule has 1 fully saturated rings. The standard InChI is InChI=1S/C13H24N2O4/c1-5-6-7-15(12(18)19-13(2,3)4)10-8-14(9-10)11(16)17/h10H,5-9H2,1-4H3,(H,16,17). The number of ether oxygens (including phenoxy) is 1. The zero-order chi connectivity index (χ0) is 14.6. The quantitative estimate of drug-likeness (QED) is 0.853. The molecule has 1 aliphatic rings. The molecule has 1 aliphatic heterocycles. The van der Waals surface area contributed by atoms with Crippen molar-refractivity contribution < 1.29 is 19.4 Å². The molecule has 0 aromatic heterocycles. The Kier molecular flexibility index (Phi) is 5.03. The van der Waals surface area contributed by atoms with Crippen LogP contribution in [0.1, 0.15) is 40.5 Å². The zero-order valence-corrected chi connectivity index (χ0v) is 12.2. The molecule has 19 heavy (non-hydrogen) atoms. The van der Waals surface area contributed by atoms with Gasteiger partial charge in [-0.2, -0.15) is 0 Å². The van der Waals surface area contributed by atoms with E-state index in [2.05, 4.69) is 6.92 Å². The van der Waals surface area contributed by atoms with Crippen molar-refractivity contribution in [1.82, 2.24) is 9.80 Å². The molecule has 0 atom stereocenters. The van der Waals surface area contributed by atoms with Crippen LogP contribution >= 0.6 is 0 Å². The van der Waals surface area contributed by atoms with Crippen molar-refractivity contribution in [2.24, 2.45) is 0 Å². The first-order valence-electron chi connectivity index (χ1n) is 6.72. The summed E-state index contributed by atoms with van der Waals surface area (Å²) >= 11 is 0. The monoisotopic (exact) mass is 272 g/mol. The first-order valence-corrected chi connectivity index (χ1v) is 6.72. The predicted octanol–water partition coefficient (Wildman–Crippen LogP) is 2.39. The van der Waals surface area contributed by atoms with Crippen molar-refractivity contribution in [2.45, 2.75) is 52.2 Å². The Morgan fingerprint density at radius 1 is 1.37 bits per heavy atom. The third-order valence-electron chi connectivity index (χ3n) is 2.95. The molecular formula is C13H24N2O4. The van der Waals surface area contributed by atoms with Gasteiger partial charge in [0, 0.05) is 19.6 Å². The molecule has 1 N–H and O–H groups in total. The SMILES string of the molecule is CCCCN(C(=O)OC(C)(C)C)C1CN(C(=O)O)C1. The minimum atomic E-state index is -0.934. The number of hydrogen-bond acceptors (Lipinski definition) is 3. The molecular weight excluding hydrogens is 248 g/mol. The van der Waals surface area contributed by atoms with Crippen LogP contribution in [0.3, 0.4) is 0 Å². The minimum Gasteiger partial charge on any atom is -0.465 e. The van der Waals surface area contributed by atoms with Gasteiger partial charge in [-0.3, -0.25) is 0 Å². The Morgan fingerprint density at radius 3 is 2.37 bits per heavy atom. The minimum absolute atomic E-state index is 0.0579. The summed E-state index contributed by atoms with van der Waals surface area (Å²) in [5.41, 5.74) is -0.530. The summed E-state index contributed by atoms with van der Waals surface area (Å²) in [7, 11) is 0. The number of carbonyl (C=O) groups excluding carboxylic acids is 1. The average molecular weight is 272 g/mol. The maximum Gasteiger partial charge on any atom is 0.410 e. The van der Waals surface area contributed by atoms with Crippen LogP contribution in [-0.4, -0.2) is 58.4 Å². The molecule has 0 unspecified atom stereocenters. The molecule has 6 heteroatoms. The van der Waals surface area contributed by atoms with Crippen molar-refractivity contribution in [3.8, 4) is 0 Å². The Balaban J connectivity index is 2.58. The highest BCUT2D eigenvalue weighted by molar-refractivity contribution is 5.70. The Hall–Kier alpha value is -1.46. The second-order valence-electron chi connectivity index (χ2n) is 5.87. The second-order valence-corrected chi connectivity index (χ2v) is 5.87. The maximum absolute atomic E-state index is 12.1. The average Bonchev–Trinajstić information content (AvgIpc) is 2.17. The normalized spacial score (nSPS) is 15.9. The number of carbonyl (C=O) groups is 2. The number of amides is 2. The van der Waals surface area contributed by atoms with E-state index in [4.69, 9.17) is 9.84 Å². The van der Waals surface area contributed by atoms with E-state index >= 15 is 0 Å². The third-order valence-corrected chi connectivity index (χ3v) is 2.95. The van der Waals surface area contributed by atoms with Crippen molar-refractivity contribution in [3.05, 3.63) is 0 Å². The third kappa shape index (κ3) is 4.61. The fourth-order valence-electron chi connectivity index (χ4n) is 1.88. The van der Waals surface area contributed by atoms with Gasteiger partial charge in [0.2, 0.25) is 0 Å². The summed E-state index contributed by atoms with van der Waals surface area (Å²) in [5.74, 6) is 0. The molecule has 0 spiro atoms. The van der Waals surface area contributed by atoms with E-state index in [9.17, 15) is 9.59 Å². The van der Waals surface area contributed by atoms with Gasteiger partial charge in [-0.15, -0.1) is 0 Å². The van der Waals surface area contributed by atoms with Gasteiger partial charge in [0.1, 0.15) is 5.60 Å². The molecule has 110 valence electrons. The van der Waals surface area contributed by atoms with Crippen LogP contribution in [0.2, 0.25) is 0 Å². The van der Waals surface area contributed by atoms with Crippen LogP contribution in [0.25, 0.3) is 0 Å². The molecule has 0 saturated carbocycles. The number of likely N-dealkylation sites (tertiary alicyclic amines) is 1. The molecule has 1 saturated heterocycles. The summed E-state index contributed by atoms with van der Waals surface area (Å²) in [6.45, 7) is 8.89. The lowest BCUT2D eigenvalue weighted by Gasteiger charge is -2.44. The van der Waals surface area contributed by atoms with Crippen LogP contribution in [0.5, 0.6) is 0 Å². The van der Waals surface area contributed by atoms with E-state index in [1.165, 1.54) is 4.90 Å². The molecule has 0 aromatic rings. The van der Waals surface area contributed by atoms with E-state index < -0.39 is 11.7 Å². The summed E-state index contributed by atoms with van der Waals surface area (Å²) < 4.78 is 5.37. The fraction of sp³-hybridized carbons (Fsp3) is 0.846. The molecule has 0 aliphatic carbocycles. The molecule has 0 bridgehead atoms. The Labute approximate surface area is 114 Å². The van der Waals surface area contributed by atoms with Crippen molar-refractivity contribution in [2.75, 3.05) is 19.6 Å². The van der Waals surface area contributed by atoms with E-state index in [0.717, 1.165) is 12.8 Å². The highest BCUT2D eigenvalue weighted by atomic mass is 16.6. The van der Waals surface area contributed by atoms with Gasteiger partial charge < -0.3 is 19.6 Å². The van der Waals surface area contributed by atoms with Crippen molar-refractivity contribution in [1.29, 1.82) is 0 Å². The fourth-order valence-corrected chi connectivity index (χ4v) is 1.88. The number of rotatable bonds is 4. The van der Waals surface area contributed by atoms with Crippen LogP contribution < -0.4 is 0 Å². The maximum atomic E-state index is 12.1.